The van der Waals surface area contributed by atoms with E-state index in [2.05, 4.69) is 15.2 Å². The topological polar surface area (TPSA) is 54.5 Å². The SMILES string of the molecule is CC(C)Oc1ccc(NC(=O)c2ccc(N3CCCCCC3)nc2)cc1. The zero-order valence-electron chi connectivity index (χ0n) is 15.6. The van der Waals surface area contributed by atoms with Crippen LogP contribution in [0.5, 0.6) is 5.75 Å². The lowest BCUT2D eigenvalue weighted by Gasteiger charge is -2.21. The summed E-state index contributed by atoms with van der Waals surface area (Å²) in [5.74, 6) is 1.59. The summed E-state index contributed by atoms with van der Waals surface area (Å²) in [7, 11) is 0. The minimum atomic E-state index is -0.155. The molecule has 2 aromatic rings. The van der Waals surface area contributed by atoms with E-state index in [4.69, 9.17) is 4.74 Å². The van der Waals surface area contributed by atoms with Crippen molar-refractivity contribution in [2.45, 2.75) is 45.6 Å². The summed E-state index contributed by atoms with van der Waals surface area (Å²) in [6.07, 6.45) is 6.78. The number of hydrogen-bond donors (Lipinski definition) is 1. The lowest BCUT2D eigenvalue weighted by atomic mass is 10.2. The molecule has 0 atom stereocenters. The first kappa shape index (κ1) is 18.2. The number of carbonyl (C=O) groups is 1. The Morgan fingerprint density at radius 1 is 1.04 bits per heavy atom. The molecule has 1 aromatic heterocycles. The lowest BCUT2D eigenvalue weighted by Crippen LogP contribution is -2.25. The third-order valence-corrected chi connectivity index (χ3v) is 4.42. The third-order valence-electron chi connectivity index (χ3n) is 4.42. The summed E-state index contributed by atoms with van der Waals surface area (Å²) in [6, 6.07) is 11.2. The Hall–Kier alpha value is -2.56. The van der Waals surface area contributed by atoms with Gasteiger partial charge in [-0.25, -0.2) is 4.98 Å². The van der Waals surface area contributed by atoms with E-state index in [0.29, 0.717) is 5.56 Å². The molecule has 2 heterocycles. The van der Waals surface area contributed by atoms with Crippen molar-refractivity contribution in [3.05, 3.63) is 48.2 Å². The van der Waals surface area contributed by atoms with E-state index in [1.807, 2.05) is 50.2 Å². The van der Waals surface area contributed by atoms with Crippen LogP contribution in [0.1, 0.15) is 49.9 Å². The average Bonchev–Trinajstić information content (AvgIpc) is 2.92. The largest absolute Gasteiger partial charge is 0.491 e. The number of aromatic nitrogens is 1. The fourth-order valence-corrected chi connectivity index (χ4v) is 3.10. The Morgan fingerprint density at radius 2 is 1.73 bits per heavy atom. The predicted molar refractivity (Wildman–Crippen MR) is 105 cm³/mol. The molecule has 5 heteroatoms. The van der Waals surface area contributed by atoms with Crippen molar-refractivity contribution < 1.29 is 9.53 Å². The van der Waals surface area contributed by atoms with Crippen molar-refractivity contribution >= 4 is 17.4 Å². The van der Waals surface area contributed by atoms with E-state index >= 15 is 0 Å². The van der Waals surface area contributed by atoms with Gasteiger partial charge in [0.1, 0.15) is 11.6 Å². The highest BCUT2D eigenvalue weighted by Crippen LogP contribution is 2.19. The van der Waals surface area contributed by atoms with Gasteiger partial charge >= 0.3 is 0 Å². The van der Waals surface area contributed by atoms with Gasteiger partial charge in [0.15, 0.2) is 0 Å². The first-order valence-corrected chi connectivity index (χ1v) is 9.41. The second-order valence-corrected chi connectivity index (χ2v) is 6.95. The molecule has 5 nitrogen and oxygen atoms in total. The predicted octanol–water partition coefficient (Wildman–Crippen LogP) is 4.50. The fraction of sp³-hybridized carbons (Fsp3) is 0.429. The minimum Gasteiger partial charge on any atom is -0.491 e. The maximum atomic E-state index is 12.4. The normalized spacial score (nSPS) is 14.8. The monoisotopic (exact) mass is 353 g/mol. The Balaban J connectivity index is 1.60. The van der Waals surface area contributed by atoms with Gasteiger partial charge in [0, 0.05) is 25.0 Å². The van der Waals surface area contributed by atoms with Crippen LogP contribution >= 0.6 is 0 Å². The molecule has 0 radical (unpaired) electrons. The van der Waals surface area contributed by atoms with Crippen LogP contribution < -0.4 is 15.0 Å². The molecule has 1 saturated heterocycles. The number of rotatable bonds is 5. The summed E-state index contributed by atoms with van der Waals surface area (Å²) in [5, 5.41) is 2.90. The maximum Gasteiger partial charge on any atom is 0.257 e. The number of hydrogen-bond acceptors (Lipinski definition) is 4. The number of benzene rings is 1. The molecule has 0 unspecified atom stereocenters. The van der Waals surface area contributed by atoms with Crippen LogP contribution in [0.4, 0.5) is 11.5 Å². The molecule has 138 valence electrons. The maximum absolute atomic E-state index is 12.4. The molecular weight excluding hydrogens is 326 g/mol. The van der Waals surface area contributed by atoms with E-state index in [9.17, 15) is 4.79 Å². The van der Waals surface area contributed by atoms with E-state index in [-0.39, 0.29) is 12.0 Å². The van der Waals surface area contributed by atoms with E-state index in [1.165, 1.54) is 25.7 Å². The van der Waals surface area contributed by atoms with Crippen LogP contribution in [-0.4, -0.2) is 30.1 Å². The number of nitrogens with one attached hydrogen (secondary N) is 1. The van der Waals surface area contributed by atoms with Gasteiger partial charge in [-0.2, -0.15) is 0 Å². The van der Waals surface area contributed by atoms with Gasteiger partial charge in [0.2, 0.25) is 0 Å². The van der Waals surface area contributed by atoms with Crippen LogP contribution in [0.25, 0.3) is 0 Å². The van der Waals surface area contributed by atoms with Crippen LogP contribution in [-0.2, 0) is 0 Å². The molecule has 0 aliphatic carbocycles. The first-order chi connectivity index (χ1) is 12.6. The Bertz CT molecular complexity index is 703. The molecule has 0 spiro atoms. The van der Waals surface area contributed by atoms with Gasteiger partial charge in [-0.1, -0.05) is 12.8 Å². The standard InChI is InChI=1S/C21H27N3O2/c1-16(2)26-19-10-8-18(9-11-19)23-21(25)17-7-12-20(22-15-17)24-13-5-3-4-6-14-24/h7-12,15-16H,3-6,13-14H2,1-2H3,(H,23,25). The summed E-state index contributed by atoms with van der Waals surface area (Å²) >= 11 is 0. The third kappa shape index (κ3) is 4.97. The van der Waals surface area contributed by atoms with Crippen LogP contribution in [0, 0.1) is 0 Å². The first-order valence-electron chi connectivity index (χ1n) is 9.41. The van der Waals surface area contributed by atoms with E-state index in [1.54, 1.807) is 6.20 Å². The number of pyridine rings is 1. The Kier molecular flexibility index (Phi) is 6.10. The summed E-state index contributed by atoms with van der Waals surface area (Å²) in [5.41, 5.74) is 1.30. The van der Waals surface area contributed by atoms with Crippen molar-refractivity contribution in [1.82, 2.24) is 4.98 Å². The van der Waals surface area contributed by atoms with Gasteiger partial charge in [-0.05, 0) is 63.1 Å². The van der Waals surface area contributed by atoms with Gasteiger partial charge in [0.05, 0.1) is 11.7 Å². The molecule has 0 saturated carbocycles. The smallest absolute Gasteiger partial charge is 0.257 e. The number of ether oxygens (including phenoxy) is 1. The van der Waals surface area contributed by atoms with Crippen molar-refractivity contribution in [3.63, 3.8) is 0 Å². The van der Waals surface area contributed by atoms with Crippen molar-refractivity contribution in [1.29, 1.82) is 0 Å². The second-order valence-electron chi connectivity index (χ2n) is 6.95. The number of anilines is 2. The van der Waals surface area contributed by atoms with Crippen molar-refractivity contribution in [3.8, 4) is 5.75 Å². The zero-order chi connectivity index (χ0) is 18.4. The molecule has 1 aliphatic rings. The van der Waals surface area contributed by atoms with Gasteiger partial charge in [-0.15, -0.1) is 0 Å². The van der Waals surface area contributed by atoms with E-state index in [0.717, 1.165) is 30.3 Å². The molecular formula is C21H27N3O2. The minimum absolute atomic E-state index is 0.129. The Morgan fingerprint density at radius 3 is 2.31 bits per heavy atom. The lowest BCUT2D eigenvalue weighted by molar-refractivity contribution is 0.102. The fourth-order valence-electron chi connectivity index (χ4n) is 3.10. The van der Waals surface area contributed by atoms with Gasteiger partial charge < -0.3 is 15.0 Å². The molecule has 1 N–H and O–H groups in total. The highest BCUT2D eigenvalue weighted by molar-refractivity contribution is 6.04. The number of carbonyl (C=O) groups excluding carboxylic acids is 1. The highest BCUT2D eigenvalue weighted by Gasteiger charge is 2.12. The zero-order valence-corrected chi connectivity index (χ0v) is 15.6. The molecule has 1 aliphatic heterocycles. The molecule has 0 bridgehead atoms. The molecule has 1 aromatic carbocycles. The van der Waals surface area contributed by atoms with E-state index < -0.39 is 0 Å². The highest BCUT2D eigenvalue weighted by atomic mass is 16.5. The average molecular weight is 353 g/mol. The summed E-state index contributed by atoms with van der Waals surface area (Å²) < 4.78 is 5.61. The number of nitrogens with zero attached hydrogens (tertiary/aromatic N) is 2. The van der Waals surface area contributed by atoms with Crippen molar-refractivity contribution in [2.75, 3.05) is 23.3 Å². The van der Waals surface area contributed by atoms with Gasteiger partial charge in [-0.3, -0.25) is 4.79 Å². The van der Waals surface area contributed by atoms with Crippen LogP contribution in [0.3, 0.4) is 0 Å². The summed E-state index contributed by atoms with van der Waals surface area (Å²) in [4.78, 5) is 19.2. The van der Waals surface area contributed by atoms with Crippen molar-refractivity contribution in [2.24, 2.45) is 0 Å². The number of amides is 1. The van der Waals surface area contributed by atoms with Gasteiger partial charge in [0.25, 0.3) is 5.91 Å². The quantitative estimate of drug-likeness (QED) is 0.860. The van der Waals surface area contributed by atoms with Crippen LogP contribution in [0.15, 0.2) is 42.6 Å². The molecule has 1 fully saturated rings. The summed E-state index contributed by atoms with van der Waals surface area (Å²) in [6.45, 7) is 6.06. The van der Waals surface area contributed by atoms with Crippen LogP contribution in [0.2, 0.25) is 0 Å². The Labute approximate surface area is 155 Å². The second kappa shape index (κ2) is 8.70. The molecule has 26 heavy (non-hydrogen) atoms. The molecule has 1 amide bonds. The molecule has 3 rings (SSSR count).